The molecule has 0 aliphatic heterocycles. The van der Waals surface area contributed by atoms with Gasteiger partial charge in [-0.2, -0.15) is 13.2 Å². The van der Waals surface area contributed by atoms with E-state index < -0.39 is 11.7 Å². The van der Waals surface area contributed by atoms with E-state index in [0.717, 1.165) is 28.1 Å². The standard InChI is InChI=1S/C17H16F3N3S/c1-12(23-10-8-13-3-2-9-21-16(13)23)11-22-24-15-6-4-14(5-7-15)17(18,19)20/h2-10,12,22H,11H2,1H3. The van der Waals surface area contributed by atoms with Gasteiger partial charge in [0.15, 0.2) is 0 Å². The number of halogens is 3. The highest BCUT2D eigenvalue weighted by molar-refractivity contribution is 7.97. The zero-order chi connectivity index (χ0) is 17.2. The Kier molecular flexibility index (Phi) is 4.82. The molecule has 0 saturated heterocycles. The van der Waals surface area contributed by atoms with E-state index in [2.05, 4.69) is 21.2 Å². The maximum atomic E-state index is 12.5. The van der Waals surface area contributed by atoms with Gasteiger partial charge in [0, 0.05) is 35.3 Å². The van der Waals surface area contributed by atoms with Crippen molar-refractivity contribution in [2.45, 2.75) is 24.0 Å². The van der Waals surface area contributed by atoms with Crippen LogP contribution >= 0.6 is 11.9 Å². The molecule has 1 atom stereocenters. The summed E-state index contributed by atoms with van der Waals surface area (Å²) in [6.07, 6.45) is -0.545. The van der Waals surface area contributed by atoms with Gasteiger partial charge in [0.05, 0.1) is 5.56 Å². The van der Waals surface area contributed by atoms with Gasteiger partial charge in [-0.25, -0.2) is 4.98 Å². The highest BCUT2D eigenvalue weighted by Crippen LogP contribution is 2.30. The van der Waals surface area contributed by atoms with Crippen molar-refractivity contribution in [2.75, 3.05) is 6.54 Å². The van der Waals surface area contributed by atoms with Crippen LogP contribution in [-0.2, 0) is 6.18 Å². The molecule has 24 heavy (non-hydrogen) atoms. The van der Waals surface area contributed by atoms with Gasteiger partial charge in [-0.15, -0.1) is 0 Å². The van der Waals surface area contributed by atoms with Crippen molar-refractivity contribution >= 4 is 23.0 Å². The van der Waals surface area contributed by atoms with Crippen LogP contribution in [0.2, 0.25) is 0 Å². The van der Waals surface area contributed by atoms with Crippen LogP contribution in [-0.4, -0.2) is 16.1 Å². The average Bonchev–Trinajstić information content (AvgIpc) is 2.98. The summed E-state index contributed by atoms with van der Waals surface area (Å²) in [5.74, 6) is 0. The molecule has 1 N–H and O–H groups in total. The molecule has 1 unspecified atom stereocenters. The number of pyridine rings is 1. The van der Waals surface area contributed by atoms with Crippen molar-refractivity contribution < 1.29 is 13.2 Å². The third-order valence-corrected chi connectivity index (χ3v) is 4.52. The number of aromatic nitrogens is 2. The van der Waals surface area contributed by atoms with Gasteiger partial charge in [0.2, 0.25) is 0 Å². The molecule has 3 rings (SSSR count). The molecule has 0 radical (unpaired) electrons. The molecular weight excluding hydrogens is 335 g/mol. The molecule has 2 heterocycles. The Bertz CT molecular complexity index is 812. The third-order valence-electron chi connectivity index (χ3n) is 3.70. The Morgan fingerprint density at radius 2 is 1.92 bits per heavy atom. The normalized spacial score (nSPS) is 13.3. The monoisotopic (exact) mass is 351 g/mol. The van der Waals surface area contributed by atoms with Gasteiger partial charge in [-0.05, 0) is 61.3 Å². The first-order valence-corrected chi connectivity index (χ1v) is 8.25. The summed E-state index contributed by atoms with van der Waals surface area (Å²) in [5, 5.41) is 1.08. The Balaban J connectivity index is 1.58. The van der Waals surface area contributed by atoms with Crippen LogP contribution in [0, 0.1) is 0 Å². The minimum absolute atomic E-state index is 0.166. The van der Waals surface area contributed by atoms with E-state index in [0.29, 0.717) is 6.54 Å². The number of rotatable bonds is 5. The molecule has 0 fully saturated rings. The number of hydrogen-bond acceptors (Lipinski definition) is 3. The zero-order valence-corrected chi connectivity index (χ0v) is 13.7. The van der Waals surface area contributed by atoms with Crippen molar-refractivity contribution in [1.82, 2.24) is 14.3 Å². The summed E-state index contributed by atoms with van der Waals surface area (Å²) in [6.45, 7) is 2.72. The lowest BCUT2D eigenvalue weighted by atomic mass is 10.2. The molecule has 126 valence electrons. The van der Waals surface area contributed by atoms with E-state index in [4.69, 9.17) is 0 Å². The van der Waals surface area contributed by atoms with Crippen molar-refractivity contribution in [3.05, 3.63) is 60.4 Å². The summed E-state index contributed by atoms with van der Waals surface area (Å²) in [7, 11) is 0. The van der Waals surface area contributed by atoms with Crippen LogP contribution in [0.1, 0.15) is 18.5 Å². The fourth-order valence-corrected chi connectivity index (χ4v) is 3.16. The first-order chi connectivity index (χ1) is 11.4. The lowest BCUT2D eigenvalue weighted by molar-refractivity contribution is -0.137. The molecule has 0 saturated carbocycles. The Morgan fingerprint density at radius 3 is 2.62 bits per heavy atom. The van der Waals surface area contributed by atoms with Crippen LogP contribution < -0.4 is 4.72 Å². The fraction of sp³-hybridized carbons (Fsp3) is 0.235. The van der Waals surface area contributed by atoms with E-state index >= 15 is 0 Å². The first-order valence-electron chi connectivity index (χ1n) is 7.43. The molecule has 7 heteroatoms. The topological polar surface area (TPSA) is 29.9 Å². The van der Waals surface area contributed by atoms with E-state index in [1.807, 2.05) is 24.4 Å². The number of benzene rings is 1. The van der Waals surface area contributed by atoms with Gasteiger partial charge in [-0.1, -0.05) is 0 Å². The molecule has 3 nitrogen and oxygen atoms in total. The molecule has 0 spiro atoms. The molecule has 3 aromatic rings. The molecular formula is C17H16F3N3S. The van der Waals surface area contributed by atoms with Gasteiger partial charge in [0.25, 0.3) is 0 Å². The Hall–Kier alpha value is -1.99. The van der Waals surface area contributed by atoms with Gasteiger partial charge >= 0.3 is 6.18 Å². The number of nitrogens with zero attached hydrogens (tertiary/aromatic N) is 2. The van der Waals surface area contributed by atoms with E-state index in [1.165, 1.54) is 24.1 Å². The van der Waals surface area contributed by atoms with Gasteiger partial charge in [-0.3, -0.25) is 4.72 Å². The summed E-state index contributed by atoms with van der Waals surface area (Å²) < 4.78 is 42.9. The summed E-state index contributed by atoms with van der Waals surface area (Å²) in [4.78, 5) is 5.12. The second-order valence-electron chi connectivity index (χ2n) is 5.46. The quantitative estimate of drug-likeness (QED) is 0.662. The SMILES string of the molecule is CC(CNSc1ccc(C(F)(F)F)cc1)n1ccc2cccnc21. The van der Waals surface area contributed by atoms with Crippen molar-refractivity contribution in [2.24, 2.45) is 0 Å². The highest BCUT2D eigenvalue weighted by Gasteiger charge is 2.29. The van der Waals surface area contributed by atoms with Crippen LogP contribution in [0.3, 0.4) is 0 Å². The minimum atomic E-state index is -4.30. The third kappa shape index (κ3) is 3.73. The fourth-order valence-electron chi connectivity index (χ4n) is 2.40. The maximum absolute atomic E-state index is 12.5. The van der Waals surface area contributed by atoms with Crippen LogP contribution in [0.4, 0.5) is 13.2 Å². The maximum Gasteiger partial charge on any atom is 0.416 e. The van der Waals surface area contributed by atoms with Crippen molar-refractivity contribution in [3.63, 3.8) is 0 Å². The lowest BCUT2D eigenvalue weighted by Crippen LogP contribution is -2.18. The van der Waals surface area contributed by atoms with E-state index in [-0.39, 0.29) is 6.04 Å². The first kappa shape index (κ1) is 16.9. The number of fused-ring (bicyclic) bond motifs is 1. The van der Waals surface area contributed by atoms with Crippen molar-refractivity contribution in [1.29, 1.82) is 0 Å². The van der Waals surface area contributed by atoms with Crippen LogP contribution in [0.15, 0.2) is 59.8 Å². The predicted octanol–water partition coefficient (Wildman–Crippen LogP) is 4.91. The van der Waals surface area contributed by atoms with E-state index in [9.17, 15) is 13.2 Å². The lowest BCUT2D eigenvalue weighted by Gasteiger charge is -2.15. The second kappa shape index (κ2) is 6.86. The Morgan fingerprint density at radius 1 is 1.17 bits per heavy atom. The molecule has 0 bridgehead atoms. The molecule has 0 amide bonds. The number of hydrogen-bond donors (Lipinski definition) is 1. The minimum Gasteiger partial charge on any atom is -0.328 e. The van der Waals surface area contributed by atoms with Gasteiger partial charge in [0.1, 0.15) is 5.65 Å². The smallest absolute Gasteiger partial charge is 0.328 e. The summed E-state index contributed by atoms with van der Waals surface area (Å²) >= 11 is 1.32. The number of alkyl halides is 3. The average molecular weight is 351 g/mol. The molecule has 0 aliphatic carbocycles. The van der Waals surface area contributed by atoms with E-state index in [1.54, 1.807) is 6.20 Å². The highest BCUT2D eigenvalue weighted by atomic mass is 32.2. The molecule has 0 aliphatic rings. The largest absolute Gasteiger partial charge is 0.416 e. The molecule has 1 aromatic carbocycles. The second-order valence-corrected chi connectivity index (χ2v) is 6.43. The summed E-state index contributed by atoms with van der Waals surface area (Å²) in [5.41, 5.74) is 0.288. The van der Waals surface area contributed by atoms with Crippen molar-refractivity contribution in [3.8, 4) is 0 Å². The van der Waals surface area contributed by atoms with Gasteiger partial charge < -0.3 is 4.57 Å². The Labute approximate surface area is 142 Å². The van der Waals surface area contributed by atoms with Crippen LogP contribution in [0.25, 0.3) is 11.0 Å². The number of nitrogens with one attached hydrogen (secondary N) is 1. The predicted molar refractivity (Wildman–Crippen MR) is 89.7 cm³/mol. The molecule has 2 aromatic heterocycles. The van der Waals surface area contributed by atoms with Crippen LogP contribution in [0.5, 0.6) is 0 Å². The summed E-state index contributed by atoms with van der Waals surface area (Å²) in [6, 6.07) is 11.2. The zero-order valence-electron chi connectivity index (χ0n) is 12.9.